The lowest BCUT2D eigenvalue weighted by Gasteiger charge is -2.37. The largest absolute Gasteiger partial charge is 0.330 e. The van der Waals surface area contributed by atoms with Crippen molar-refractivity contribution in [2.45, 2.75) is 31.5 Å². The maximum Gasteiger partial charge on any atom is 0.191 e. The standard InChI is InChI=1S/C9H17F2NO2.ClH/c10-6-13-9(14-7-11)3-1-8(5-12)2-4-9;/h8H,1-7,12H2;1H. The minimum atomic E-state index is -1.05. The van der Waals surface area contributed by atoms with Crippen LogP contribution in [0.3, 0.4) is 0 Å². The van der Waals surface area contributed by atoms with E-state index in [0.717, 1.165) is 12.8 Å². The number of nitrogens with two attached hydrogens (primary N) is 1. The van der Waals surface area contributed by atoms with Crippen molar-refractivity contribution in [3.05, 3.63) is 0 Å². The highest BCUT2D eigenvalue weighted by molar-refractivity contribution is 5.85. The van der Waals surface area contributed by atoms with Crippen LogP contribution < -0.4 is 5.73 Å². The van der Waals surface area contributed by atoms with Gasteiger partial charge >= 0.3 is 0 Å². The summed E-state index contributed by atoms with van der Waals surface area (Å²) in [7, 11) is 0. The van der Waals surface area contributed by atoms with Crippen molar-refractivity contribution in [1.29, 1.82) is 0 Å². The Labute approximate surface area is 94.7 Å². The Morgan fingerprint density at radius 3 is 1.93 bits per heavy atom. The second-order valence-corrected chi connectivity index (χ2v) is 3.60. The fraction of sp³-hybridized carbons (Fsp3) is 1.00. The van der Waals surface area contributed by atoms with Crippen LogP contribution in [0.15, 0.2) is 0 Å². The first-order valence-corrected chi connectivity index (χ1v) is 4.86. The van der Waals surface area contributed by atoms with E-state index >= 15 is 0 Å². The molecule has 0 saturated heterocycles. The third-order valence-electron chi connectivity index (χ3n) is 2.84. The van der Waals surface area contributed by atoms with Gasteiger partial charge in [-0.05, 0) is 25.3 Å². The van der Waals surface area contributed by atoms with Crippen molar-refractivity contribution in [1.82, 2.24) is 0 Å². The average molecular weight is 246 g/mol. The summed E-state index contributed by atoms with van der Waals surface area (Å²) in [5.74, 6) is -0.621. The maximum absolute atomic E-state index is 12.1. The molecule has 1 aliphatic carbocycles. The molecule has 1 rings (SSSR count). The van der Waals surface area contributed by atoms with Gasteiger partial charge in [0.2, 0.25) is 0 Å². The average Bonchev–Trinajstić information content (AvgIpc) is 2.20. The molecule has 0 unspecified atom stereocenters. The molecule has 3 nitrogen and oxygen atoms in total. The van der Waals surface area contributed by atoms with Gasteiger partial charge in [-0.3, -0.25) is 0 Å². The van der Waals surface area contributed by atoms with Gasteiger partial charge < -0.3 is 15.2 Å². The van der Waals surface area contributed by atoms with E-state index in [2.05, 4.69) is 0 Å². The topological polar surface area (TPSA) is 44.5 Å². The smallest absolute Gasteiger partial charge is 0.191 e. The first kappa shape index (κ1) is 15.0. The molecule has 6 heteroatoms. The molecule has 1 fully saturated rings. The van der Waals surface area contributed by atoms with Gasteiger partial charge in [0.1, 0.15) is 0 Å². The Hall–Kier alpha value is 0.0300. The second kappa shape index (κ2) is 7.33. The van der Waals surface area contributed by atoms with E-state index in [1.165, 1.54) is 0 Å². The van der Waals surface area contributed by atoms with E-state index in [0.29, 0.717) is 25.3 Å². The van der Waals surface area contributed by atoms with Gasteiger partial charge in [-0.15, -0.1) is 12.4 Å². The van der Waals surface area contributed by atoms with Crippen molar-refractivity contribution >= 4 is 12.4 Å². The third kappa shape index (κ3) is 4.18. The first-order chi connectivity index (χ1) is 6.76. The van der Waals surface area contributed by atoms with Crippen LogP contribution in [0.1, 0.15) is 25.7 Å². The van der Waals surface area contributed by atoms with Gasteiger partial charge in [-0.25, -0.2) is 8.78 Å². The predicted molar refractivity (Wildman–Crippen MR) is 55.1 cm³/mol. The molecule has 92 valence electrons. The highest BCUT2D eigenvalue weighted by Crippen LogP contribution is 2.35. The molecule has 0 aliphatic heterocycles. The van der Waals surface area contributed by atoms with Crippen molar-refractivity contribution < 1.29 is 18.3 Å². The summed E-state index contributed by atoms with van der Waals surface area (Å²) in [5.41, 5.74) is 5.51. The molecular weight excluding hydrogens is 228 g/mol. The predicted octanol–water partition coefficient (Wildman–Crippen LogP) is 2.14. The summed E-state index contributed by atoms with van der Waals surface area (Å²) >= 11 is 0. The molecule has 0 aromatic rings. The Kier molecular flexibility index (Phi) is 7.34. The summed E-state index contributed by atoms with van der Waals surface area (Å²) in [4.78, 5) is 0. The third-order valence-corrected chi connectivity index (χ3v) is 2.84. The van der Waals surface area contributed by atoms with Crippen LogP contribution in [0.2, 0.25) is 0 Å². The van der Waals surface area contributed by atoms with Gasteiger partial charge in [-0.2, -0.15) is 0 Å². The maximum atomic E-state index is 12.1. The lowest BCUT2D eigenvalue weighted by atomic mass is 9.85. The fourth-order valence-corrected chi connectivity index (χ4v) is 1.88. The van der Waals surface area contributed by atoms with Crippen LogP contribution in [0.4, 0.5) is 8.78 Å². The zero-order valence-corrected chi connectivity index (χ0v) is 9.40. The lowest BCUT2D eigenvalue weighted by molar-refractivity contribution is -0.282. The normalized spacial score (nSPS) is 21.0. The van der Waals surface area contributed by atoms with Crippen LogP contribution >= 0.6 is 12.4 Å². The van der Waals surface area contributed by atoms with Crippen LogP contribution in [0.25, 0.3) is 0 Å². The number of halogens is 3. The Bertz CT molecular complexity index is 158. The Balaban J connectivity index is 0.00000196. The van der Waals surface area contributed by atoms with Crippen molar-refractivity contribution in [2.75, 3.05) is 20.3 Å². The van der Waals surface area contributed by atoms with Crippen molar-refractivity contribution in [3.8, 4) is 0 Å². The monoisotopic (exact) mass is 245 g/mol. The van der Waals surface area contributed by atoms with Gasteiger partial charge in [0.05, 0.1) is 0 Å². The van der Waals surface area contributed by atoms with E-state index in [1.54, 1.807) is 0 Å². The molecule has 0 heterocycles. The summed E-state index contributed by atoms with van der Waals surface area (Å²) in [6.45, 7) is -1.26. The number of alkyl halides is 2. The van der Waals surface area contributed by atoms with Gasteiger partial charge in [0, 0.05) is 12.8 Å². The number of ether oxygens (including phenoxy) is 2. The number of rotatable bonds is 5. The Morgan fingerprint density at radius 1 is 1.13 bits per heavy atom. The molecule has 0 aromatic heterocycles. The van der Waals surface area contributed by atoms with Crippen molar-refractivity contribution in [3.63, 3.8) is 0 Å². The van der Waals surface area contributed by atoms with Crippen LogP contribution in [-0.4, -0.2) is 26.1 Å². The molecule has 15 heavy (non-hydrogen) atoms. The second-order valence-electron chi connectivity index (χ2n) is 3.60. The van der Waals surface area contributed by atoms with E-state index in [-0.39, 0.29) is 12.4 Å². The van der Waals surface area contributed by atoms with Crippen LogP contribution in [0.5, 0.6) is 0 Å². The van der Waals surface area contributed by atoms with Crippen LogP contribution in [0, 0.1) is 5.92 Å². The molecule has 1 aliphatic rings. The zero-order chi connectivity index (χ0) is 10.4. The Morgan fingerprint density at radius 2 is 1.60 bits per heavy atom. The highest BCUT2D eigenvalue weighted by atomic mass is 35.5. The molecule has 0 spiro atoms. The molecule has 1 saturated carbocycles. The molecule has 2 N–H and O–H groups in total. The van der Waals surface area contributed by atoms with Crippen molar-refractivity contribution in [2.24, 2.45) is 11.7 Å². The van der Waals surface area contributed by atoms with Gasteiger partial charge in [0.15, 0.2) is 19.5 Å². The SMILES string of the molecule is Cl.NCC1CCC(OCF)(OCF)CC1. The van der Waals surface area contributed by atoms with E-state index in [1.807, 2.05) is 0 Å². The molecular formula is C9H18ClF2NO2. The minimum absolute atomic E-state index is 0. The van der Waals surface area contributed by atoms with Crippen LogP contribution in [-0.2, 0) is 9.47 Å². The number of hydrogen-bond donors (Lipinski definition) is 1. The summed E-state index contributed by atoms with van der Waals surface area (Å²) < 4.78 is 33.8. The lowest BCUT2D eigenvalue weighted by Crippen LogP contribution is -2.41. The quantitative estimate of drug-likeness (QED) is 0.755. The summed E-state index contributed by atoms with van der Waals surface area (Å²) in [5, 5.41) is 0. The van der Waals surface area contributed by atoms with E-state index in [9.17, 15) is 8.78 Å². The molecule has 0 atom stereocenters. The summed E-state index contributed by atoms with van der Waals surface area (Å²) in [6, 6.07) is 0. The first-order valence-electron chi connectivity index (χ1n) is 4.86. The number of hydrogen-bond acceptors (Lipinski definition) is 3. The zero-order valence-electron chi connectivity index (χ0n) is 8.59. The van der Waals surface area contributed by atoms with Gasteiger partial charge in [-0.1, -0.05) is 0 Å². The molecule has 0 aromatic carbocycles. The highest BCUT2D eigenvalue weighted by Gasteiger charge is 2.37. The molecule has 0 radical (unpaired) electrons. The molecule has 0 amide bonds. The fourth-order valence-electron chi connectivity index (χ4n) is 1.88. The molecule has 0 bridgehead atoms. The van der Waals surface area contributed by atoms with Gasteiger partial charge in [0.25, 0.3) is 0 Å². The van der Waals surface area contributed by atoms with E-state index in [4.69, 9.17) is 15.2 Å². The summed E-state index contributed by atoms with van der Waals surface area (Å²) in [6.07, 6.45) is 2.64. The van der Waals surface area contributed by atoms with E-state index < -0.39 is 19.5 Å². The minimum Gasteiger partial charge on any atom is -0.330 e.